The first kappa shape index (κ1) is 14.4. The molecule has 1 aromatic carbocycles. The number of thioether (sulfide) groups is 1. The number of rotatable bonds is 4. The highest BCUT2D eigenvalue weighted by Gasteiger charge is 2.16. The van der Waals surface area contributed by atoms with Gasteiger partial charge in [0.2, 0.25) is 0 Å². The van der Waals surface area contributed by atoms with E-state index in [0.717, 1.165) is 5.69 Å². The highest BCUT2D eigenvalue weighted by atomic mass is 35.5. The van der Waals surface area contributed by atoms with Crippen LogP contribution in [0.2, 0.25) is 0 Å². The van der Waals surface area contributed by atoms with Crippen LogP contribution in [0.25, 0.3) is 0 Å². The molecule has 0 saturated carbocycles. The molecule has 0 aliphatic rings. The average molecular weight is 272 g/mol. The van der Waals surface area contributed by atoms with Gasteiger partial charge in [-0.1, -0.05) is 13.8 Å². The molecule has 4 heteroatoms. The molecular formula is C13H18ClNOS. The molecule has 0 unspecified atom stereocenters. The lowest BCUT2D eigenvalue weighted by Crippen LogP contribution is -2.32. The van der Waals surface area contributed by atoms with Crippen LogP contribution in [0.5, 0.6) is 0 Å². The van der Waals surface area contributed by atoms with Crippen molar-refractivity contribution in [3.05, 3.63) is 24.3 Å². The fourth-order valence-corrected chi connectivity index (χ4v) is 2.69. The molecule has 0 atom stereocenters. The first-order valence-corrected chi connectivity index (χ1v) is 6.93. The molecule has 0 spiro atoms. The highest BCUT2D eigenvalue weighted by Crippen LogP contribution is 2.26. The molecular weight excluding hydrogens is 254 g/mol. The summed E-state index contributed by atoms with van der Waals surface area (Å²) in [5, 5.41) is 0.112. The van der Waals surface area contributed by atoms with Gasteiger partial charge in [-0.3, -0.25) is 9.69 Å². The fraction of sp³-hybridized carbons (Fsp3) is 0.462. The van der Waals surface area contributed by atoms with Crippen LogP contribution in [-0.4, -0.2) is 16.7 Å². The number of hydrogen-bond donors (Lipinski definition) is 0. The molecule has 0 saturated heterocycles. The van der Waals surface area contributed by atoms with Gasteiger partial charge in [0, 0.05) is 21.9 Å². The van der Waals surface area contributed by atoms with E-state index in [1.54, 1.807) is 16.7 Å². The lowest BCUT2D eigenvalue weighted by molar-refractivity contribution is 0.263. The third kappa shape index (κ3) is 4.25. The van der Waals surface area contributed by atoms with Gasteiger partial charge in [-0.05, 0) is 49.7 Å². The monoisotopic (exact) mass is 271 g/mol. The maximum absolute atomic E-state index is 11.3. The molecule has 0 aliphatic carbocycles. The van der Waals surface area contributed by atoms with E-state index in [9.17, 15) is 4.79 Å². The van der Waals surface area contributed by atoms with Gasteiger partial charge in [0.05, 0.1) is 0 Å². The van der Waals surface area contributed by atoms with Crippen LogP contribution in [0, 0.1) is 0 Å². The minimum atomic E-state index is -0.440. The third-order valence-electron chi connectivity index (χ3n) is 2.19. The van der Waals surface area contributed by atoms with Gasteiger partial charge in [-0.15, -0.1) is 11.8 Å². The van der Waals surface area contributed by atoms with Gasteiger partial charge in [0.25, 0.3) is 0 Å². The van der Waals surface area contributed by atoms with Crippen molar-refractivity contribution < 1.29 is 4.79 Å². The van der Waals surface area contributed by atoms with Crippen molar-refractivity contribution in [1.82, 2.24) is 0 Å². The first-order valence-electron chi connectivity index (χ1n) is 5.67. The van der Waals surface area contributed by atoms with Gasteiger partial charge in [0.1, 0.15) is 0 Å². The average Bonchev–Trinajstić information content (AvgIpc) is 2.18. The van der Waals surface area contributed by atoms with Crippen molar-refractivity contribution in [1.29, 1.82) is 0 Å². The lowest BCUT2D eigenvalue weighted by Gasteiger charge is -2.24. The fourth-order valence-electron chi connectivity index (χ4n) is 1.56. The van der Waals surface area contributed by atoms with Crippen LogP contribution in [0.4, 0.5) is 10.5 Å². The van der Waals surface area contributed by atoms with Crippen molar-refractivity contribution >= 4 is 34.4 Å². The van der Waals surface area contributed by atoms with E-state index < -0.39 is 5.37 Å². The van der Waals surface area contributed by atoms with Gasteiger partial charge in [-0.25, -0.2) is 0 Å². The zero-order valence-corrected chi connectivity index (χ0v) is 12.2. The molecule has 1 rings (SSSR count). The first-order chi connectivity index (χ1) is 7.91. The number of anilines is 1. The Bertz CT molecular complexity index is 376. The summed E-state index contributed by atoms with van der Waals surface area (Å²) in [6, 6.07) is 7.98. The second-order valence-corrected chi connectivity index (χ2v) is 6.35. The number of hydrogen-bond acceptors (Lipinski definition) is 2. The molecule has 0 bridgehead atoms. The summed E-state index contributed by atoms with van der Waals surface area (Å²) in [7, 11) is 0. The summed E-state index contributed by atoms with van der Waals surface area (Å²) in [6.45, 7) is 8.19. The van der Waals surface area contributed by atoms with E-state index in [1.165, 1.54) is 4.90 Å². The largest absolute Gasteiger partial charge is 0.321 e. The van der Waals surface area contributed by atoms with Gasteiger partial charge >= 0.3 is 5.37 Å². The maximum atomic E-state index is 11.3. The third-order valence-corrected chi connectivity index (χ3v) is 3.39. The van der Waals surface area contributed by atoms with E-state index >= 15 is 0 Å². The molecule has 0 radical (unpaired) electrons. The molecule has 1 aromatic rings. The summed E-state index contributed by atoms with van der Waals surface area (Å²) in [5.41, 5.74) is 0.841. The Kier molecular flexibility index (Phi) is 5.34. The second kappa shape index (κ2) is 6.31. The quantitative estimate of drug-likeness (QED) is 0.447. The molecule has 0 aromatic heterocycles. The summed E-state index contributed by atoms with van der Waals surface area (Å²) in [5.74, 6) is 0. The van der Waals surface area contributed by atoms with Crippen LogP contribution in [0.3, 0.4) is 0 Å². The predicted octanol–water partition coefficient (Wildman–Crippen LogP) is 4.76. The summed E-state index contributed by atoms with van der Waals surface area (Å²) < 4.78 is 0. The Morgan fingerprint density at radius 3 is 2.06 bits per heavy atom. The molecule has 17 heavy (non-hydrogen) atoms. The molecule has 0 N–H and O–H groups in total. The Morgan fingerprint density at radius 2 is 1.71 bits per heavy atom. The normalized spacial score (nSPS) is 11.0. The van der Waals surface area contributed by atoms with Crippen molar-refractivity contribution in [2.45, 2.75) is 43.9 Å². The maximum Gasteiger partial charge on any atom is 0.321 e. The van der Waals surface area contributed by atoms with Crippen LogP contribution < -0.4 is 4.90 Å². The number of carbonyl (C=O) groups is 1. The van der Waals surface area contributed by atoms with Crippen molar-refractivity contribution in [3.8, 4) is 0 Å². The van der Waals surface area contributed by atoms with Crippen molar-refractivity contribution in [3.63, 3.8) is 0 Å². The molecule has 0 heterocycles. The molecule has 0 fully saturated rings. The zero-order valence-electron chi connectivity index (χ0n) is 10.6. The number of amides is 1. The van der Waals surface area contributed by atoms with Crippen LogP contribution >= 0.6 is 23.4 Å². The van der Waals surface area contributed by atoms with Crippen LogP contribution in [0.1, 0.15) is 27.7 Å². The number of benzene rings is 1. The summed E-state index contributed by atoms with van der Waals surface area (Å²) >= 11 is 7.38. The van der Waals surface area contributed by atoms with Gasteiger partial charge in [-0.2, -0.15) is 0 Å². The lowest BCUT2D eigenvalue weighted by atomic mass is 10.2. The van der Waals surface area contributed by atoms with E-state index in [0.29, 0.717) is 5.25 Å². The Balaban J connectivity index is 2.88. The molecule has 0 aliphatic heterocycles. The summed E-state index contributed by atoms with van der Waals surface area (Å²) in [4.78, 5) is 14.1. The zero-order chi connectivity index (χ0) is 13.0. The van der Waals surface area contributed by atoms with E-state index in [-0.39, 0.29) is 6.04 Å². The van der Waals surface area contributed by atoms with E-state index in [4.69, 9.17) is 11.6 Å². The van der Waals surface area contributed by atoms with Crippen molar-refractivity contribution in [2.75, 3.05) is 4.90 Å². The Morgan fingerprint density at radius 1 is 1.18 bits per heavy atom. The SMILES string of the molecule is CC(C)Sc1ccc(N(C(=O)Cl)C(C)C)cc1. The van der Waals surface area contributed by atoms with Crippen molar-refractivity contribution in [2.24, 2.45) is 0 Å². The van der Waals surface area contributed by atoms with Crippen LogP contribution in [0.15, 0.2) is 29.2 Å². The standard InChI is InChI=1S/C13H18ClNOS/c1-9(2)15(13(14)16)11-5-7-12(8-6-11)17-10(3)4/h5-10H,1-4H3. The number of nitrogens with zero attached hydrogens (tertiary/aromatic N) is 1. The predicted molar refractivity (Wildman–Crippen MR) is 76.3 cm³/mol. The van der Waals surface area contributed by atoms with E-state index in [1.807, 2.05) is 38.1 Å². The minimum Gasteiger partial charge on any atom is -0.296 e. The molecule has 94 valence electrons. The Labute approximate surface area is 112 Å². The summed E-state index contributed by atoms with van der Waals surface area (Å²) in [6.07, 6.45) is 0. The van der Waals surface area contributed by atoms with Crippen LogP contribution in [-0.2, 0) is 0 Å². The Hall–Kier alpha value is -0.670. The number of carbonyl (C=O) groups excluding carboxylic acids is 1. The molecule has 1 amide bonds. The van der Waals surface area contributed by atoms with E-state index in [2.05, 4.69) is 13.8 Å². The second-order valence-electron chi connectivity index (χ2n) is 4.38. The smallest absolute Gasteiger partial charge is 0.296 e. The molecule has 2 nitrogen and oxygen atoms in total. The highest BCUT2D eigenvalue weighted by molar-refractivity contribution is 7.99. The van der Waals surface area contributed by atoms with Gasteiger partial charge in [0.15, 0.2) is 0 Å². The van der Waals surface area contributed by atoms with Gasteiger partial charge < -0.3 is 0 Å². The topological polar surface area (TPSA) is 20.3 Å². The number of halogens is 1. The minimum absolute atomic E-state index is 0.0589.